The quantitative estimate of drug-likeness (QED) is 0.465. The standard InChI is InChI=1S/C29H41N3O4/c1-22(2)21-35-30-29(33)20-32-16-15-31(19-25(32)17-23-9-5-4-6-10-23)24-13-14-27(34-3)28(18-24)36-26-11-7-8-12-26/h4-6,9-10,13-14,18,22,25-26H,7-8,11-12,15-17,19-21H2,1-3H3,(H,30,33). The maximum absolute atomic E-state index is 12.6. The molecular formula is C29H41N3O4. The Morgan fingerprint density at radius 3 is 2.56 bits per heavy atom. The molecule has 4 rings (SSSR count). The van der Waals surface area contributed by atoms with Crippen molar-refractivity contribution in [3.63, 3.8) is 0 Å². The van der Waals surface area contributed by atoms with Crippen molar-refractivity contribution in [3.8, 4) is 11.5 Å². The third kappa shape index (κ3) is 7.37. The molecular weight excluding hydrogens is 454 g/mol. The molecule has 2 aliphatic rings. The Kier molecular flexibility index (Phi) is 9.47. The van der Waals surface area contributed by atoms with Gasteiger partial charge in [-0.2, -0.15) is 0 Å². The van der Waals surface area contributed by atoms with Crippen LogP contribution in [0.3, 0.4) is 0 Å². The van der Waals surface area contributed by atoms with Crippen molar-refractivity contribution in [2.45, 2.75) is 58.1 Å². The van der Waals surface area contributed by atoms with Crippen LogP contribution in [0.5, 0.6) is 11.5 Å². The zero-order chi connectivity index (χ0) is 25.3. The van der Waals surface area contributed by atoms with Gasteiger partial charge in [-0.3, -0.25) is 14.5 Å². The number of hydroxylamine groups is 1. The fourth-order valence-electron chi connectivity index (χ4n) is 5.06. The number of hydrogen-bond acceptors (Lipinski definition) is 6. The molecule has 1 amide bonds. The summed E-state index contributed by atoms with van der Waals surface area (Å²) in [6.45, 7) is 7.40. The van der Waals surface area contributed by atoms with Crippen LogP contribution < -0.4 is 19.9 Å². The number of nitrogens with one attached hydrogen (secondary N) is 1. The Balaban J connectivity index is 1.46. The van der Waals surface area contributed by atoms with E-state index in [1.54, 1.807) is 7.11 Å². The third-order valence-electron chi connectivity index (χ3n) is 6.98. The van der Waals surface area contributed by atoms with Gasteiger partial charge in [-0.25, -0.2) is 5.48 Å². The van der Waals surface area contributed by atoms with Crippen LogP contribution in [-0.4, -0.2) is 62.8 Å². The summed E-state index contributed by atoms with van der Waals surface area (Å²) in [5.41, 5.74) is 5.02. The number of amides is 1. The second-order valence-corrected chi connectivity index (χ2v) is 10.3. The van der Waals surface area contributed by atoms with Gasteiger partial charge in [-0.15, -0.1) is 0 Å². The van der Waals surface area contributed by atoms with E-state index >= 15 is 0 Å². The third-order valence-corrected chi connectivity index (χ3v) is 6.98. The summed E-state index contributed by atoms with van der Waals surface area (Å²) >= 11 is 0. The van der Waals surface area contributed by atoms with Gasteiger partial charge in [-0.05, 0) is 55.7 Å². The molecule has 2 aromatic carbocycles. The lowest BCUT2D eigenvalue weighted by molar-refractivity contribution is -0.136. The average molecular weight is 496 g/mol. The molecule has 196 valence electrons. The Bertz CT molecular complexity index is 962. The first kappa shape index (κ1) is 26.3. The summed E-state index contributed by atoms with van der Waals surface area (Å²) in [6, 6.07) is 16.9. The lowest BCUT2D eigenvalue weighted by Crippen LogP contribution is -2.56. The van der Waals surface area contributed by atoms with Crippen LogP contribution in [0.2, 0.25) is 0 Å². The van der Waals surface area contributed by atoms with Gasteiger partial charge in [0, 0.05) is 37.4 Å². The van der Waals surface area contributed by atoms with Crippen molar-refractivity contribution in [3.05, 3.63) is 54.1 Å². The molecule has 7 nitrogen and oxygen atoms in total. The highest BCUT2D eigenvalue weighted by Crippen LogP contribution is 2.35. The monoisotopic (exact) mass is 495 g/mol. The summed E-state index contributed by atoms with van der Waals surface area (Å²) in [5.74, 6) is 1.87. The molecule has 0 aromatic heterocycles. The molecule has 36 heavy (non-hydrogen) atoms. The summed E-state index contributed by atoms with van der Waals surface area (Å²) in [6.07, 6.45) is 5.81. The molecule has 1 aliphatic heterocycles. The van der Waals surface area contributed by atoms with E-state index in [0.717, 1.165) is 56.1 Å². The predicted molar refractivity (Wildman–Crippen MR) is 143 cm³/mol. The van der Waals surface area contributed by atoms with E-state index in [2.05, 4.69) is 65.5 Å². The van der Waals surface area contributed by atoms with E-state index in [9.17, 15) is 4.79 Å². The molecule has 2 aromatic rings. The van der Waals surface area contributed by atoms with E-state index in [0.29, 0.717) is 19.1 Å². The highest BCUT2D eigenvalue weighted by molar-refractivity contribution is 5.77. The summed E-state index contributed by atoms with van der Waals surface area (Å²) in [5, 5.41) is 0. The number of carbonyl (C=O) groups excluding carboxylic acids is 1. The number of piperazine rings is 1. The number of anilines is 1. The highest BCUT2D eigenvalue weighted by Gasteiger charge is 2.29. The van der Waals surface area contributed by atoms with Crippen molar-refractivity contribution in [2.24, 2.45) is 5.92 Å². The van der Waals surface area contributed by atoms with E-state index in [1.165, 1.54) is 18.4 Å². The number of ether oxygens (including phenoxy) is 2. The van der Waals surface area contributed by atoms with Crippen LogP contribution in [0.25, 0.3) is 0 Å². The van der Waals surface area contributed by atoms with Gasteiger partial charge in [0.1, 0.15) is 0 Å². The van der Waals surface area contributed by atoms with Crippen molar-refractivity contribution in [1.29, 1.82) is 0 Å². The topological polar surface area (TPSA) is 63.3 Å². The zero-order valence-corrected chi connectivity index (χ0v) is 21.9. The maximum Gasteiger partial charge on any atom is 0.257 e. The summed E-state index contributed by atoms with van der Waals surface area (Å²) in [4.78, 5) is 22.6. The van der Waals surface area contributed by atoms with Gasteiger partial charge >= 0.3 is 0 Å². The second-order valence-electron chi connectivity index (χ2n) is 10.3. The van der Waals surface area contributed by atoms with Gasteiger partial charge < -0.3 is 14.4 Å². The molecule has 1 N–H and O–H groups in total. The molecule has 1 saturated carbocycles. The number of hydrogen-bond donors (Lipinski definition) is 1. The minimum absolute atomic E-state index is 0.0983. The minimum Gasteiger partial charge on any atom is -0.493 e. The van der Waals surface area contributed by atoms with Gasteiger partial charge in [-0.1, -0.05) is 44.2 Å². The average Bonchev–Trinajstić information content (AvgIpc) is 3.38. The number of carbonyl (C=O) groups is 1. The Morgan fingerprint density at radius 1 is 1.06 bits per heavy atom. The smallest absolute Gasteiger partial charge is 0.257 e. The van der Waals surface area contributed by atoms with Crippen LogP contribution in [0.1, 0.15) is 45.1 Å². The lowest BCUT2D eigenvalue weighted by Gasteiger charge is -2.42. The van der Waals surface area contributed by atoms with E-state index < -0.39 is 0 Å². The first-order valence-corrected chi connectivity index (χ1v) is 13.3. The van der Waals surface area contributed by atoms with E-state index in [1.807, 2.05) is 12.1 Å². The summed E-state index contributed by atoms with van der Waals surface area (Å²) in [7, 11) is 1.70. The first-order chi connectivity index (χ1) is 17.5. The molecule has 1 atom stereocenters. The Labute approximate surface area is 215 Å². The maximum atomic E-state index is 12.6. The first-order valence-electron chi connectivity index (χ1n) is 13.3. The SMILES string of the molecule is COc1ccc(N2CCN(CC(=O)NOCC(C)C)C(Cc3ccccc3)C2)cc1OC1CCCC1. The van der Waals surface area contributed by atoms with E-state index in [4.69, 9.17) is 14.3 Å². The molecule has 1 unspecified atom stereocenters. The zero-order valence-electron chi connectivity index (χ0n) is 21.9. The molecule has 0 bridgehead atoms. The number of rotatable bonds is 11. The number of methoxy groups -OCH3 is 1. The summed E-state index contributed by atoms with van der Waals surface area (Å²) < 4.78 is 11.9. The van der Waals surface area contributed by atoms with Crippen molar-refractivity contribution in [2.75, 3.05) is 44.8 Å². The number of benzene rings is 2. The largest absolute Gasteiger partial charge is 0.493 e. The highest BCUT2D eigenvalue weighted by atomic mass is 16.7. The van der Waals surface area contributed by atoms with Gasteiger partial charge in [0.25, 0.3) is 5.91 Å². The van der Waals surface area contributed by atoms with Crippen LogP contribution in [0.4, 0.5) is 5.69 Å². The fraction of sp³-hybridized carbons (Fsp3) is 0.552. The normalized spacial score (nSPS) is 19.0. The van der Waals surface area contributed by atoms with Crippen LogP contribution in [0.15, 0.2) is 48.5 Å². The number of nitrogens with zero attached hydrogens (tertiary/aromatic N) is 2. The van der Waals surface area contributed by atoms with Gasteiger partial charge in [0.2, 0.25) is 0 Å². The van der Waals surface area contributed by atoms with Crippen molar-refractivity contribution >= 4 is 11.6 Å². The van der Waals surface area contributed by atoms with Crippen LogP contribution in [0, 0.1) is 5.92 Å². The van der Waals surface area contributed by atoms with Gasteiger partial charge in [0.15, 0.2) is 11.5 Å². The Hall–Kier alpha value is -2.77. The Morgan fingerprint density at radius 2 is 1.83 bits per heavy atom. The molecule has 1 saturated heterocycles. The molecule has 7 heteroatoms. The molecule has 1 aliphatic carbocycles. The minimum atomic E-state index is -0.0983. The van der Waals surface area contributed by atoms with Crippen LogP contribution >= 0.6 is 0 Å². The predicted octanol–water partition coefficient (Wildman–Crippen LogP) is 4.45. The molecule has 1 heterocycles. The second kappa shape index (κ2) is 13.0. The van der Waals surface area contributed by atoms with Crippen molar-refractivity contribution < 1.29 is 19.1 Å². The molecule has 0 radical (unpaired) electrons. The fourth-order valence-corrected chi connectivity index (χ4v) is 5.06. The van der Waals surface area contributed by atoms with E-state index in [-0.39, 0.29) is 18.1 Å². The molecule has 2 fully saturated rings. The van der Waals surface area contributed by atoms with Crippen molar-refractivity contribution in [1.82, 2.24) is 10.4 Å². The van der Waals surface area contributed by atoms with Gasteiger partial charge in [0.05, 0.1) is 26.4 Å². The lowest BCUT2D eigenvalue weighted by atomic mass is 10.0. The van der Waals surface area contributed by atoms with Crippen LogP contribution in [-0.2, 0) is 16.1 Å². The molecule has 0 spiro atoms.